The average Bonchev–Trinajstić information content (AvgIpc) is 2.83. The molecule has 0 aromatic carbocycles. The first kappa shape index (κ1) is 13.8. The van der Waals surface area contributed by atoms with E-state index in [9.17, 15) is 0 Å². The summed E-state index contributed by atoms with van der Waals surface area (Å²) in [7, 11) is 0. The SMILES string of the molecule is CCC(CCl)(CCl)NCCCn1ccnc1. The zero-order valence-corrected chi connectivity index (χ0v) is 11.1. The van der Waals surface area contributed by atoms with Crippen LogP contribution in [-0.4, -0.2) is 33.4 Å². The zero-order chi connectivity index (χ0) is 11.9. The Morgan fingerprint density at radius 2 is 2.12 bits per heavy atom. The molecule has 0 bridgehead atoms. The largest absolute Gasteiger partial charge is 0.337 e. The van der Waals surface area contributed by atoms with Crippen molar-refractivity contribution in [1.82, 2.24) is 14.9 Å². The van der Waals surface area contributed by atoms with E-state index in [1.807, 2.05) is 12.5 Å². The lowest BCUT2D eigenvalue weighted by atomic mass is 10.0. The van der Waals surface area contributed by atoms with Crippen molar-refractivity contribution in [3.63, 3.8) is 0 Å². The van der Waals surface area contributed by atoms with Crippen LogP contribution in [0.25, 0.3) is 0 Å². The molecule has 0 spiro atoms. The number of hydrogen-bond acceptors (Lipinski definition) is 2. The van der Waals surface area contributed by atoms with E-state index >= 15 is 0 Å². The van der Waals surface area contributed by atoms with Gasteiger partial charge in [-0.2, -0.15) is 0 Å². The number of halogens is 2. The highest BCUT2D eigenvalue weighted by atomic mass is 35.5. The smallest absolute Gasteiger partial charge is 0.0945 e. The van der Waals surface area contributed by atoms with E-state index in [2.05, 4.69) is 21.8 Å². The van der Waals surface area contributed by atoms with Gasteiger partial charge >= 0.3 is 0 Å². The second-order valence-electron chi connectivity index (χ2n) is 3.98. The lowest BCUT2D eigenvalue weighted by molar-refractivity contribution is 0.378. The summed E-state index contributed by atoms with van der Waals surface area (Å²) in [4.78, 5) is 4.00. The highest BCUT2D eigenvalue weighted by Crippen LogP contribution is 2.14. The Hall–Kier alpha value is -0.250. The molecule has 0 aliphatic rings. The molecule has 1 rings (SSSR count). The van der Waals surface area contributed by atoms with E-state index in [1.54, 1.807) is 6.20 Å². The third kappa shape index (κ3) is 3.96. The maximum Gasteiger partial charge on any atom is 0.0945 e. The fourth-order valence-electron chi connectivity index (χ4n) is 1.48. The molecular weight excluding hydrogens is 245 g/mol. The van der Waals surface area contributed by atoms with E-state index in [1.165, 1.54) is 0 Å². The monoisotopic (exact) mass is 263 g/mol. The Balaban J connectivity index is 2.23. The van der Waals surface area contributed by atoms with E-state index in [0.29, 0.717) is 11.8 Å². The van der Waals surface area contributed by atoms with E-state index < -0.39 is 0 Å². The van der Waals surface area contributed by atoms with Crippen molar-refractivity contribution >= 4 is 23.2 Å². The van der Waals surface area contributed by atoms with Crippen LogP contribution in [0.4, 0.5) is 0 Å². The number of rotatable bonds is 8. The first-order chi connectivity index (χ1) is 7.76. The minimum atomic E-state index is -0.113. The van der Waals surface area contributed by atoms with Crippen molar-refractivity contribution in [2.24, 2.45) is 0 Å². The molecule has 0 saturated heterocycles. The molecule has 0 atom stereocenters. The van der Waals surface area contributed by atoms with E-state index in [0.717, 1.165) is 25.9 Å². The van der Waals surface area contributed by atoms with Gasteiger partial charge in [0.1, 0.15) is 0 Å². The molecule has 0 saturated carbocycles. The van der Waals surface area contributed by atoms with Gasteiger partial charge in [-0.05, 0) is 19.4 Å². The molecule has 92 valence electrons. The summed E-state index contributed by atoms with van der Waals surface area (Å²) in [5.74, 6) is 1.11. The summed E-state index contributed by atoms with van der Waals surface area (Å²) in [6, 6.07) is 0. The second-order valence-corrected chi connectivity index (χ2v) is 4.52. The summed E-state index contributed by atoms with van der Waals surface area (Å²) in [5, 5.41) is 3.45. The molecule has 0 radical (unpaired) electrons. The molecule has 3 nitrogen and oxygen atoms in total. The van der Waals surface area contributed by atoms with E-state index in [4.69, 9.17) is 23.2 Å². The molecule has 5 heteroatoms. The molecule has 0 unspecified atom stereocenters. The van der Waals surface area contributed by atoms with Crippen LogP contribution in [-0.2, 0) is 6.54 Å². The predicted octanol–water partition coefficient (Wildman–Crippen LogP) is 2.49. The van der Waals surface area contributed by atoms with Crippen molar-refractivity contribution in [2.75, 3.05) is 18.3 Å². The van der Waals surface area contributed by atoms with Crippen LogP contribution in [0.15, 0.2) is 18.7 Å². The Morgan fingerprint density at radius 1 is 1.38 bits per heavy atom. The summed E-state index contributed by atoms with van der Waals surface area (Å²) >= 11 is 11.9. The topological polar surface area (TPSA) is 29.9 Å². The molecule has 0 fully saturated rings. The van der Waals surface area contributed by atoms with Crippen molar-refractivity contribution < 1.29 is 0 Å². The molecule has 0 aliphatic heterocycles. The van der Waals surface area contributed by atoms with Crippen LogP contribution >= 0.6 is 23.2 Å². The molecule has 1 aromatic rings. The van der Waals surface area contributed by atoms with Gasteiger partial charge in [-0.1, -0.05) is 6.92 Å². The van der Waals surface area contributed by atoms with Crippen molar-refractivity contribution in [1.29, 1.82) is 0 Å². The molecule has 1 aromatic heterocycles. The average molecular weight is 264 g/mol. The number of aromatic nitrogens is 2. The van der Waals surface area contributed by atoms with Gasteiger partial charge in [0.05, 0.1) is 6.33 Å². The fraction of sp³-hybridized carbons (Fsp3) is 0.727. The van der Waals surface area contributed by atoms with Crippen LogP contribution in [0.3, 0.4) is 0 Å². The Bertz CT molecular complexity index is 263. The van der Waals surface area contributed by atoms with Crippen molar-refractivity contribution in [3.05, 3.63) is 18.7 Å². The molecule has 1 N–H and O–H groups in total. The van der Waals surface area contributed by atoms with Gasteiger partial charge < -0.3 is 9.88 Å². The standard InChI is InChI=1S/C11H19Cl2N3/c1-2-11(8-12,9-13)15-4-3-6-16-7-5-14-10-16/h5,7,10,15H,2-4,6,8-9H2,1H3. The molecule has 0 aliphatic carbocycles. The summed E-state index contributed by atoms with van der Waals surface area (Å²) < 4.78 is 2.07. The highest BCUT2D eigenvalue weighted by molar-refractivity contribution is 6.22. The lowest BCUT2D eigenvalue weighted by Gasteiger charge is -2.29. The Morgan fingerprint density at radius 3 is 2.62 bits per heavy atom. The van der Waals surface area contributed by atoms with Gasteiger partial charge in [0, 0.05) is 36.2 Å². The van der Waals surface area contributed by atoms with Crippen LogP contribution in [0.2, 0.25) is 0 Å². The maximum absolute atomic E-state index is 5.94. The minimum Gasteiger partial charge on any atom is -0.337 e. The zero-order valence-electron chi connectivity index (χ0n) is 9.63. The quantitative estimate of drug-likeness (QED) is 0.577. The van der Waals surface area contributed by atoms with Crippen molar-refractivity contribution in [2.45, 2.75) is 31.8 Å². The number of aryl methyl sites for hydroxylation is 1. The normalized spacial score (nSPS) is 11.9. The fourth-order valence-corrected chi connectivity index (χ4v) is 2.33. The minimum absolute atomic E-state index is 0.113. The molecule has 0 amide bonds. The number of nitrogens with one attached hydrogen (secondary N) is 1. The summed E-state index contributed by atoms with van der Waals surface area (Å²) in [6.07, 6.45) is 7.59. The third-order valence-corrected chi connectivity index (χ3v) is 3.86. The first-order valence-electron chi connectivity index (χ1n) is 5.59. The van der Waals surface area contributed by atoms with Gasteiger partial charge in [0.25, 0.3) is 0 Å². The van der Waals surface area contributed by atoms with Crippen LogP contribution in [0, 0.1) is 0 Å². The highest BCUT2D eigenvalue weighted by Gasteiger charge is 2.24. The summed E-state index contributed by atoms with van der Waals surface area (Å²) in [5.41, 5.74) is -0.113. The van der Waals surface area contributed by atoms with Gasteiger partial charge in [-0.3, -0.25) is 0 Å². The first-order valence-corrected chi connectivity index (χ1v) is 6.66. The molecule has 16 heavy (non-hydrogen) atoms. The number of nitrogens with zero attached hydrogens (tertiary/aromatic N) is 2. The van der Waals surface area contributed by atoms with Crippen LogP contribution in [0.5, 0.6) is 0 Å². The van der Waals surface area contributed by atoms with Crippen LogP contribution in [0.1, 0.15) is 19.8 Å². The molecular formula is C11H19Cl2N3. The van der Waals surface area contributed by atoms with Gasteiger partial charge in [-0.25, -0.2) is 4.98 Å². The lowest BCUT2D eigenvalue weighted by Crippen LogP contribution is -2.48. The molecule has 1 heterocycles. The van der Waals surface area contributed by atoms with Gasteiger partial charge in [0.2, 0.25) is 0 Å². The number of hydrogen-bond donors (Lipinski definition) is 1. The second kappa shape index (κ2) is 7.15. The Labute approximate surface area is 107 Å². The Kier molecular flexibility index (Phi) is 6.17. The van der Waals surface area contributed by atoms with Crippen molar-refractivity contribution in [3.8, 4) is 0 Å². The van der Waals surface area contributed by atoms with Gasteiger partial charge in [-0.15, -0.1) is 23.2 Å². The van der Waals surface area contributed by atoms with E-state index in [-0.39, 0.29) is 5.54 Å². The third-order valence-electron chi connectivity index (χ3n) is 2.84. The maximum atomic E-state index is 5.94. The summed E-state index contributed by atoms with van der Waals surface area (Å²) in [6.45, 7) is 4.00. The predicted molar refractivity (Wildman–Crippen MR) is 69.3 cm³/mol. The number of imidazole rings is 1. The van der Waals surface area contributed by atoms with Crippen LogP contribution < -0.4 is 5.32 Å². The number of alkyl halides is 2. The van der Waals surface area contributed by atoms with Gasteiger partial charge in [0.15, 0.2) is 0 Å².